The molecule has 5 rings (SSSR count). The van der Waals surface area contributed by atoms with Crippen molar-refractivity contribution in [2.75, 3.05) is 62.6 Å². The van der Waals surface area contributed by atoms with E-state index in [1.807, 2.05) is 12.1 Å². The number of nitrogens with zero attached hydrogens (tertiary/aromatic N) is 6. The largest absolute Gasteiger partial charge is 0.486 e. The smallest absolute Gasteiger partial charge is 0.251 e. The van der Waals surface area contributed by atoms with E-state index in [0.717, 1.165) is 37.6 Å². The zero-order valence-electron chi connectivity index (χ0n) is 24.1. The van der Waals surface area contributed by atoms with Crippen LogP contribution in [0.5, 0.6) is 5.75 Å². The zero-order chi connectivity index (χ0) is 30.3. The van der Waals surface area contributed by atoms with Crippen LogP contribution in [0.4, 0.5) is 21.6 Å². The number of anilines is 3. The van der Waals surface area contributed by atoms with E-state index in [1.54, 1.807) is 30.5 Å². The molecule has 2 saturated heterocycles. The lowest BCUT2D eigenvalue weighted by atomic mass is 10.0. The van der Waals surface area contributed by atoms with Crippen LogP contribution in [0, 0.1) is 11.3 Å². The minimum Gasteiger partial charge on any atom is -0.486 e. The number of carbonyl (C=O) groups excluding carboxylic acids is 1. The van der Waals surface area contributed by atoms with Gasteiger partial charge in [0.05, 0.1) is 18.7 Å². The van der Waals surface area contributed by atoms with Gasteiger partial charge < -0.3 is 30.1 Å². The number of ether oxygens (including phenoxy) is 1. The number of alkyl halides is 1. The van der Waals surface area contributed by atoms with Crippen LogP contribution < -0.4 is 15.0 Å². The Morgan fingerprint density at radius 2 is 1.93 bits per heavy atom. The zero-order valence-corrected chi connectivity index (χ0v) is 24.1. The number of halogens is 1. The number of piperazine rings is 1. The Bertz CT molecular complexity index is 1440. The molecule has 0 unspecified atom stereocenters. The fourth-order valence-corrected chi connectivity index (χ4v) is 5.34. The molecule has 0 bridgehead atoms. The molecule has 2 aliphatic heterocycles. The molecule has 1 amide bonds. The number of benzene rings is 2. The lowest BCUT2D eigenvalue weighted by Gasteiger charge is -2.35. The summed E-state index contributed by atoms with van der Waals surface area (Å²) in [7, 11) is 0. The first kappa shape index (κ1) is 30.2. The van der Waals surface area contributed by atoms with Gasteiger partial charge in [-0.05, 0) is 55.5 Å². The number of hydrogen-bond acceptors (Lipinski definition) is 10. The average molecular weight is 590 g/mol. The molecule has 2 aliphatic rings. The summed E-state index contributed by atoms with van der Waals surface area (Å²) in [4.78, 5) is 26.9. The molecule has 2 fully saturated rings. The number of aliphatic hydroxyl groups excluding tert-OH is 2. The van der Waals surface area contributed by atoms with Crippen molar-refractivity contribution in [3.05, 3.63) is 60.3 Å². The van der Waals surface area contributed by atoms with Gasteiger partial charge in [0, 0.05) is 68.8 Å². The Kier molecular flexibility index (Phi) is 9.66. The van der Waals surface area contributed by atoms with Crippen LogP contribution in [0.1, 0.15) is 18.9 Å². The molecular formula is C31H36FN7O4. The van der Waals surface area contributed by atoms with E-state index < -0.39 is 24.3 Å². The first-order valence-electron chi connectivity index (χ1n) is 14.4. The summed E-state index contributed by atoms with van der Waals surface area (Å²) in [5.41, 5.74) is 2.84. The Hall–Kier alpha value is -4.31. The number of hydrogen-bond donors (Lipinski definition) is 3. The molecule has 43 heavy (non-hydrogen) atoms. The summed E-state index contributed by atoms with van der Waals surface area (Å²) in [5, 5.41) is 31.8. The van der Waals surface area contributed by atoms with Crippen molar-refractivity contribution < 1.29 is 24.1 Å². The third kappa shape index (κ3) is 7.37. The van der Waals surface area contributed by atoms with Crippen LogP contribution in [0.25, 0.3) is 11.4 Å². The molecule has 226 valence electrons. The van der Waals surface area contributed by atoms with Gasteiger partial charge in [-0.2, -0.15) is 5.26 Å². The third-order valence-electron chi connectivity index (χ3n) is 7.74. The van der Waals surface area contributed by atoms with Crippen LogP contribution >= 0.6 is 0 Å². The summed E-state index contributed by atoms with van der Waals surface area (Å²) in [6.45, 7) is 6.01. The fraction of sp³-hybridized carbons (Fsp3) is 0.419. The van der Waals surface area contributed by atoms with E-state index in [9.17, 15) is 19.6 Å². The maximum Gasteiger partial charge on any atom is 0.251 e. The lowest BCUT2D eigenvalue weighted by molar-refractivity contribution is -0.143. The molecule has 3 aromatic rings. The molecular weight excluding hydrogens is 553 g/mol. The number of carbonyl (C=O) groups is 1. The standard InChI is InChI=1S/C31H36FN7O4/c1-21(41)31(42)39-11-9-28(26(32)20-39)43-27-7-2-22(18-23(27)19-33)30-34-10-8-29(36-30)35-24-3-5-25(6-4-24)38-14-12-37(13-15-38)16-17-40/h2-8,10,18,21,26,28,40-41H,9,11-17,20H2,1H3,(H,34,35,36)/t21-,26+,28-/m0/s1. The third-order valence-corrected chi connectivity index (χ3v) is 7.74. The number of aliphatic hydroxyl groups is 2. The molecule has 0 spiro atoms. The maximum atomic E-state index is 14.8. The SMILES string of the molecule is C[C@H](O)C(=O)N1CC[C@H](Oc2ccc(-c3nccc(Nc4ccc(N5CCN(CCO)CC5)cc4)n3)cc2C#N)[C@H](F)C1. The predicted molar refractivity (Wildman–Crippen MR) is 160 cm³/mol. The lowest BCUT2D eigenvalue weighted by Crippen LogP contribution is -2.51. The van der Waals surface area contributed by atoms with Crippen LogP contribution in [-0.2, 0) is 4.79 Å². The average Bonchev–Trinajstić information content (AvgIpc) is 3.03. The number of nitriles is 1. The van der Waals surface area contributed by atoms with Crippen molar-refractivity contribution in [2.45, 2.75) is 31.7 Å². The molecule has 0 aliphatic carbocycles. The molecule has 1 aromatic heterocycles. The van der Waals surface area contributed by atoms with Gasteiger partial charge in [-0.3, -0.25) is 9.69 Å². The normalized spacial score (nSPS) is 19.9. The minimum absolute atomic E-state index is 0.173. The fourth-order valence-electron chi connectivity index (χ4n) is 5.34. The van der Waals surface area contributed by atoms with E-state index in [-0.39, 0.29) is 37.4 Å². The molecule has 11 nitrogen and oxygen atoms in total. The topological polar surface area (TPSA) is 138 Å². The van der Waals surface area contributed by atoms with Crippen molar-refractivity contribution in [3.63, 3.8) is 0 Å². The number of aromatic nitrogens is 2. The first-order valence-corrected chi connectivity index (χ1v) is 14.4. The summed E-state index contributed by atoms with van der Waals surface area (Å²) in [6.07, 6.45) is -1.58. The second-order valence-corrected chi connectivity index (χ2v) is 10.7. The van der Waals surface area contributed by atoms with Crippen LogP contribution in [0.2, 0.25) is 0 Å². The Labute approximate surface area is 250 Å². The second kappa shape index (κ2) is 13.8. The number of likely N-dealkylation sites (tertiary alicyclic amines) is 1. The summed E-state index contributed by atoms with van der Waals surface area (Å²) in [5.74, 6) is 0.742. The monoisotopic (exact) mass is 589 g/mol. The molecule has 2 aromatic carbocycles. The van der Waals surface area contributed by atoms with Crippen molar-refractivity contribution in [3.8, 4) is 23.2 Å². The second-order valence-electron chi connectivity index (χ2n) is 10.7. The van der Waals surface area contributed by atoms with E-state index in [1.165, 1.54) is 11.8 Å². The highest BCUT2D eigenvalue weighted by Crippen LogP contribution is 2.29. The quantitative estimate of drug-likeness (QED) is 0.341. The highest BCUT2D eigenvalue weighted by molar-refractivity contribution is 5.80. The van der Waals surface area contributed by atoms with E-state index in [0.29, 0.717) is 23.8 Å². The molecule has 3 N–H and O–H groups in total. The number of β-amino-alcohol motifs (C(OH)–C–C–N with tert-alkyl or cyclic N) is 1. The van der Waals surface area contributed by atoms with Gasteiger partial charge in [0.1, 0.15) is 29.8 Å². The van der Waals surface area contributed by atoms with Gasteiger partial charge in [-0.25, -0.2) is 14.4 Å². The number of amides is 1. The molecule has 0 radical (unpaired) electrons. The Morgan fingerprint density at radius 1 is 1.16 bits per heavy atom. The molecule has 3 atom stereocenters. The van der Waals surface area contributed by atoms with Crippen LogP contribution in [-0.4, -0.2) is 107 Å². The summed E-state index contributed by atoms with van der Waals surface area (Å²) in [6, 6.07) is 17.0. The Morgan fingerprint density at radius 3 is 2.60 bits per heavy atom. The maximum absolute atomic E-state index is 14.8. The predicted octanol–water partition coefficient (Wildman–Crippen LogP) is 2.57. The van der Waals surface area contributed by atoms with Crippen molar-refractivity contribution in [1.82, 2.24) is 19.8 Å². The van der Waals surface area contributed by atoms with E-state index in [4.69, 9.17) is 9.84 Å². The van der Waals surface area contributed by atoms with Crippen molar-refractivity contribution in [2.24, 2.45) is 0 Å². The van der Waals surface area contributed by atoms with E-state index in [2.05, 4.69) is 43.3 Å². The summed E-state index contributed by atoms with van der Waals surface area (Å²) >= 11 is 0. The van der Waals surface area contributed by atoms with Gasteiger partial charge in [-0.1, -0.05) is 0 Å². The van der Waals surface area contributed by atoms with Gasteiger partial charge in [0.2, 0.25) is 0 Å². The highest BCUT2D eigenvalue weighted by atomic mass is 19.1. The van der Waals surface area contributed by atoms with Gasteiger partial charge in [0.25, 0.3) is 5.91 Å². The minimum atomic E-state index is -1.45. The molecule has 12 heteroatoms. The molecule has 3 heterocycles. The summed E-state index contributed by atoms with van der Waals surface area (Å²) < 4.78 is 20.7. The van der Waals surface area contributed by atoms with Crippen LogP contribution in [0.3, 0.4) is 0 Å². The number of nitrogens with one attached hydrogen (secondary N) is 1. The van der Waals surface area contributed by atoms with Gasteiger partial charge >= 0.3 is 0 Å². The van der Waals surface area contributed by atoms with Gasteiger partial charge in [-0.15, -0.1) is 0 Å². The number of piperidine rings is 1. The first-order chi connectivity index (χ1) is 20.8. The van der Waals surface area contributed by atoms with Crippen LogP contribution in [0.15, 0.2) is 54.7 Å². The van der Waals surface area contributed by atoms with E-state index >= 15 is 0 Å². The highest BCUT2D eigenvalue weighted by Gasteiger charge is 2.34. The van der Waals surface area contributed by atoms with Crippen molar-refractivity contribution >= 4 is 23.1 Å². The van der Waals surface area contributed by atoms with Gasteiger partial charge in [0.15, 0.2) is 12.0 Å². The number of rotatable bonds is 9. The Balaban J connectivity index is 1.22. The molecule has 0 saturated carbocycles. The van der Waals surface area contributed by atoms with Crippen molar-refractivity contribution in [1.29, 1.82) is 5.26 Å².